The van der Waals surface area contributed by atoms with Crippen LogP contribution in [0.15, 0.2) is 51.1 Å². The summed E-state index contributed by atoms with van der Waals surface area (Å²) in [4.78, 5) is 14.0. The number of sulfonamides is 1. The Bertz CT molecular complexity index is 791. The van der Waals surface area contributed by atoms with E-state index in [9.17, 15) is 13.2 Å². The van der Waals surface area contributed by atoms with Crippen LogP contribution in [-0.2, 0) is 21.2 Å². The van der Waals surface area contributed by atoms with E-state index in [1.165, 1.54) is 0 Å². The van der Waals surface area contributed by atoms with Crippen molar-refractivity contribution in [3.05, 3.63) is 48.1 Å². The Balaban J connectivity index is 1.65. The van der Waals surface area contributed by atoms with E-state index in [-0.39, 0.29) is 17.7 Å². The van der Waals surface area contributed by atoms with Crippen LogP contribution in [0.1, 0.15) is 12.7 Å². The maximum absolute atomic E-state index is 12.3. The van der Waals surface area contributed by atoms with Gasteiger partial charge in [-0.05, 0) is 31.2 Å². The number of nitrogens with zero attached hydrogens (tertiary/aromatic N) is 2. The predicted octanol–water partition coefficient (Wildman–Crippen LogP) is 0.824. The van der Waals surface area contributed by atoms with Gasteiger partial charge in [0.15, 0.2) is 0 Å². The Hall–Kier alpha value is -2.35. The SMILES string of the molecule is CC(Cc1ccco1)NC(=O)C1=CN2CCS(=O)(=O)N=C2C=C1. The smallest absolute Gasteiger partial charge is 0.256 e. The normalized spacial score (nSPS) is 20.3. The molecule has 2 aliphatic rings. The molecule has 1 amide bonds. The van der Waals surface area contributed by atoms with Crippen LogP contribution in [-0.4, -0.2) is 43.4 Å². The van der Waals surface area contributed by atoms with Crippen LogP contribution < -0.4 is 5.32 Å². The number of fused-ring (bicyclic) bond motifs is 1. The van der Waals surface area contributed by atoms with Crippen LogP contribution >= 0.6 is 0 Å². The van der Waals surface area contributed by atoms with Gasteiger partial charge >= 0.3 is 0 Å². The average molecular weight is 335 g/mol. The first-order valence-corrected chi connectivity index (χ1v) is 8.86. The first kappa shape index (κ1) is 15.5. The van der Waals surface area contributed by atoms with E-state index in [2.05, 4.69) is 9.71 Å². The van der Waals surface area contributed by atoms with Crippen LogP contribution in [0.3, 0.4) is 0 Å². The lowest BCUT2D eigenvalue weighted by Gasteiger charge is -2.27. The molecule has 23 heavy (non-hydrogen) atoms. The van der Waals surface area contributed by atoms with E-state index < -0.39 is 10.0 Å². The Labute approximate surface area is 134 Å². The van der Waals surface area contributed by atoms with E-state index in [0.717, 1.165) is 5.76 Å². The Morgan fingerprint density at radius 3 is 3.04 bits per heavy atom. The highest BCUT2D eigenvalue weighted by molar-refractivity contribution is 7.90. The number of hydrogen-bond donors (Lipinski definition) is 1. The van der Waals surface area contributed by atoms with Crippen LogP contribution in [0.25, 0.3) is 0 Å². The first-order valence-electron chi connectivity index (χ1n) is 7.25. The van der Waals surface area contributed by atoms with Crippen molar-refractivity contribution in [3.63, 3.8) is 0 Å². The molecule has 0 aromatic carbocycles. The van der Waals surface area contributed by atoms with Gasteiger partial charge in [-0.2, -0.15) is 0 Å². The summed E-state index contributed by atoms with van der Waals surface area (Å²) in [6.07, 6.45) is 6.95. The quantitative estimate of drug-likeness (QED) is 0.880. The molecular formula is C15H17N3O4S. The molecule has 1 aromatic rings. The summed E-state index contributed by atoms with van der Waals surface area (Å²) < 4.78 is 31.9. The summed E-state index contributed by atoms with van der Waals surface area (Å²) in [5, 5.41) is 2.90. The predicted molar refractivity (Wildman–Crippen MR) is 85.2 cm³/mol. The molecular weight excluding hydrogens is 318 g/mol. The Kier molecular flexibility index (Phi) is 4.08. The van der Waals surface area contributed by atoms with Crippen LogP contribution in [0, 0.1) is 0 Å². The van der Waals surface area contributed by atoms with Crippen LogP contribution in [0.2, 0.25) is 0 Å². The number of amidine groups is 1. The number of carbonyl (C=O) groups is 1. The third-order valence-corrected chi connectivity index (χ3v) is 4.71. The van der Waals surface area contributed by atoms with Crippen molar-refractivity contribution in [2.24, 2.45) is 4.40 Å². The number of hydrogen-bond acceptors (Lipinski definition) is 5. The molecule has 0 aliphatic carbocycles. The molecule has 8 heteroatoms. The Morgan fingerprint density at radius 2 is 2.30 bits per heavy atom. The molecule has 0 radical (unpaired) electrons. The second-order valence-corrected chi connectivity index (χ2v) is 7.26. The second-order valence-electron chi connectivity index (χ2n) is 5.50. The van der Waals surface area contributed by atoms with Crippen molar-refractivity contribution in [2.75, 3.05) is 12.3 Å². The van der Waals surface area contributed by atoms with Gasteiger partial charge in [-0.1, -0.05) is 0 Å². The highest BCUT2D eigenvalue weighted by atomic mass is 32.2. The number of furan rings is 1. The fourth-order valence-corrected chi connectivity index (χ4v) is 3.39. The number of nitrogens with one attached hydrogen (secondary N) is 1. The third kappa shape index (κ3) is 3.70. The summed E-state index contributed by atoms with van der Waals surface area (Å²) in [6, 6.07) is 3.58. The summed E-state index contributed by atoms with van der Waals surface area (Å²) >= 11 is 0. The molecule has 1 atom stereocenters. The lowest BCUT2D eigenvalue weighted by molar-refractivity contribution is -0.117. The zero-order valence-corrected chi connectivity index (χ0v) is 13.4. The molecule has 1 aromatic heterocycles. The lowest BCUT2D eigenvalue weighted by Crippen LogP contribution is -2.39. The van der Waals surface area contributed by atoms with Gasteiger partial charge in [-0.3, -0.25) is 4.79 Å². The Morgan fingerprint density at radius 1 is 1.48 bits per heavy atom. The van der Waals surface area contributed by atoms with E-state index in [0.29, 0.717) is 24.4 Å². The molecule has 3 rings (SSSR count). The van der Waals surface area contributed by atoms with Gasteiger partial charge in [0.25, 0.3) is 15.9 Å². The first-order chi connectivity index (χ1) is 10.9. The van der Waals surface area contributed by atoms with Crippen molar-refractivity contribution in [1.29, 1.82) is 0 Å². The van der Waals surface area contributed by atoms with Crippen molar-refractivity contribution in [3.8, 4) is 0 Å². The fourth-order valence-electron chi connectivity index (χ4n) is 2.42. The molecule has 1 unspecified atom stereocenters. The molecule has 0 saturated heterocycles. The molecule has 3 heterocycles. The molecule has 1 N–H and O–H groups in total. The van der Waals surface area contributed by atoms with E-state index >= 15 is 0 Å². The topological polar surface area (TPSA) is 92.0 Å². The molecule has 0 spiro atoms. The molecule has 0 fully saturated rings. The number of carbonyl (C=O) groups excluding carboxylic acids is 1. The summed E-state index contributed by atoms with van der Waals surface area (Å²) in [5.74, 6) is 0.885. The van der Waals surface area contributed by atoms with Gasteiger partial charge in [-0.15, -0.1) is 4.40 Å². The number of amides is 1. The van der Waals surface area contributed by atoms with Gasteiger partial charge < -0.3 is 14.6 Å². The van der Waals surface area contributed by atoms with Crippen molar-refractivity contribution < 1.29 is 17.6 Å². The average Bonchev–Trinajstić information content (AvgIpc) is 2.98. The molecule has 0 bridgehead atoms. The van der Waals surface area contributed by atoms with E-state index in [4.69, 9.17) is 4.42 Å². The molecule has 7 nitrogen and oxygen atoms in total. The number of rotatable bonds is 4. The van der Waals surface area contributed by atoms with Crippen molar-refractivity contribution in [1.82, 2.24) is 10.2 Å². The minimum Gasteiger partial charge on any atom is -0.469 e. The van der Waals surface area contributed by atoms with Gasteiger partial charge in [0, 0.05) is 25.2 Å². The fraction of sp³-hybridized carbons (Fsp3) is 0.333. The molecule has 122 valence electrons. The van der Waals surface area contributed by atoms with Gasteiger partial charge in [0.05, 0.1) is 17.6 Å². The third-order valence-electron chi connectivity index (χ3n) is 3.55. The second kappa shape index (κ2) is 6.04. The minimum absolute atomic E-state index is 0.0510. The maximum Gasteiger partial charge on any atom is 0.256 e. The highest BCUT2D eigenvalue weighted by Crippen LogP contribution is 2.16. The van der Waals surface area contributed by atoms with Gasteiger partial charge in [0.1, 0.15) is 11.6 Å². The summed E-state index contributed by atoms with van der Waals surface area (Å²) in [5.41, 5.74) is 0.467. The molecule has 2 aliphatic heterocycles. The van der Waals surface area contributed by atoms with E-state index in [1.54, 1.807) is 29.5 Å². The lowest BCUT2D eigenvalue weighted by atomic mass is 10.1. The highest BCUT2D eigenvalue weighted by Gasteiger charge is 2.25. The van der Waals surface area contributed by atoms with Gasteiger partial charge in [0.2, 0.25) is 0 Å². The zero-order chi connectivity index (χ0) is 16.4. The van der Waals surface area contributed by atoms with Crippen LogP contribution in [0.5, 0.6) is 0 Å². The van der Waals surface area contributed by atoms with E-state index in [1.807, 2.05) is 19.1 Å². The molecule has 0 saturated carbocycles. The van der Waals surface area contributed by atoms with Crippen LogP contribution in [0.4, 0.5) is 0 Å². The minimum atomic E-state index is -3.38. The zero-order valence-electron chi connectivity index (χ0n) is 12.6. The van der Waals surface area contributed by atoms with Gasteiger partial charge in [-0.25, -0.2) is 8.42 Å². The maximum atomic E-state index is 12.3. The summed E-state index contributed by atoms with van der Waals surface area (Å²) in [7, 11) is -3.38. The largest absolute Gasteiger partial charge is 0.469 e. The summed E-state index contributed by atoms with van der Waals surface area (Å²) in [6.45, 7) is 2.19. The van der Waals surface area contributed by atoms with Crippen molar-refractivity contribution >= 4 is 21.8 Å². The standard InChI is InChI=1S/C15H17N3O4S/c1-11(9-13-3-2-7-22-13)16-15(19)12-4-5-14-17-23(20,21)8-6-18(14)10-12/h2-5,7,10-11H,6,8-9H2,1H3,(H,16,19). The van der Waals surface area contributed by atoms with Crippen molar-refractivity contribution in [2.45, 2.75) is 19.4 Å². The monoisotopic (exact) mass is 335 g/mol.